The van der Waals surface area contributed by atoms with Crippen LogP contribution in [0, 0.1) is 5.92 Å². The van der Waals surface area contributed by atoms with E-state index >= 15 is 0 Å². The lowest BCUT2D eigenvalue weighted by Crippen LogP contribution is -2.34. The maximum Gasteiger partial charge on any atom is 0.401 e. The molecule has 1 rings (SSSR count). The second-order valence-corrected chi connectivity index (χ2v) is 5.75. The summed E-state index contributed by atoms with van der Waals surface area (Å²) >= 11 is 3.29. The number of nitrogens with one attached hydrogen (secondary N) is 1. The summed E-state index contributed by atoms with van der Waals surface area (Å²) in [7, 11) is 0. The number of nitrogens with zero attached hydrogens (tertiary/aromatic N) is 1. The minimum Gasteiger partial charge on any atom is -0.356 e. The van der Waals surface area contributed by atoms with E-state index in [0.717, 1.165) is 24.6 Å². The molecule has 0 bridgehead atoms. The molecule has 1 atom stereocenters. The first-order chi connectivity index (χ1) is 8.90. The van der Waals surface area contributed by atoms with Gasteiger partial charge in [-0.1, -0.05) is 15.9 Å². The Kier molecular flexibility index (Phi) is 7.13. The van der Waals surface area contributed by atoms with Crippen molar-refractivity contribution in [1.29, 1.82) is 0 Å². The molecule has 112 valence electrons. The molecule has 1 heterocycles. The van der Waals surface area contributed by atoms with Crippen molar-refractivity contribution >= 4 is 21.8 Å². The van der Waals surface area contributed by atoms with E-state index in [-0.39, 0.29) is 11.8 Å². The summed E-state index contributed by atoms with van der Waals surface area (Å²) in [6.45, 7) is 0.523. The van der Waals surface area contributed by atoms with Crippen molar-refractivity contribution in [1.82, 2.24) is 10.2 Å². The van der Waals surface area contributed by atoms with Crippen LogP contribution in [-0.2, 0) is 4.79 Å². The first kappa shape index (κ1) is 16.8. The third-order valence-electron chi connectivity index (χ3n) is 3.15. The van der Waals surface area contributed by atoms with E-state index in [1.54, 1.807) is 0 Å². The van der Waals surface area contributed by atoms with E-state index in [2.05, 4.69) is 21.2 Å². The van der Waals surface area contributed by atoms with Crippen LogP contribution in [0.25, 0.3) is 0 Å². The first-order valence-electron chi connectivity index (χ1n) is 6.52. The highest BCUT2D eigenvalue weighted by atomic mass is 79.9. The van der Waals surface area contributed by atoms with E-state index in [9.17, 15) is 18.0 Å². The van der Waals surface area contributed by atoms with Crippen LogP contribution in [0.5, 0.6) is 0 Å². The highest BCUT2D eigenvalue weighted by Gasteiger charge is 2.34. The maximum atomic E-state index is 12.2. The van der Waals surface area contributed by atoms with Crippen molar-refractivity contribution < 1.29 is 18.0 Å². The normalized spacial score (nSPS) is 20.7. The molecule has 1 aliphatic rings. The second kappa shape index (κ2) is 8.09. The zero-order valence-electron chi connectivity index (χ0n) is 10.8. The fourth-order valence-electron chi connectivity index (χ4n) is 2.20. The number of amides is 1. The Bertz CT molecular complexity index is 287. The highest BCUT2D eigenvalue weighted by molar-refractivity contribution is 9.09. The standard InChI is InChI=1S/C12H20BrF3N2O/c13-5-2-1-3-11(19)17-7-10-4-6-18(8-10)9-12(14,15)16/h10H,1-9H2,(H,17,19). The third-order valence-corrected chi connectivity index (χ3v) is 3.71. The Balaban J connectivity index is 2.13. The molecule has 0 saturated carbocycles. The van der Waals surface area contributed by atoms with Crippen LogP contribution in [0.15, 0.2) is 0 Å². The van der Waals surface area contributed by atoms with Crippen molar-refractivity contribution in [3.05, 3.63) is 0 Å². The summed E-state index contributed by atoms with van der Waals surface area (Å²) in [4.78, 5) is 12.9. The fourth-order valence-corrected chi connectivity index (χ4v) is 2.60. The van der Waals surface area contributed by atoms with Gasteiger partial charge in [0.25, 0.3) is 0 Å². The molecule has 1 amide bonds. The fraction of sp³-hybridized carbons (Fsp3) is 0.917. The molecule has 0 aromatic rings. The minimum absolute atomic E-state index is 0.00442. The van der Waals surface area contributed by atoms with Crippen LogP contribution < -0.4 is 5.32 Å². The number of alkyl halides is 4. The van der Waals surface area contributed by atoms with Crippen LogP contribution in [0.3, 0.4) is 0 Å². The number of hydrogen-bond acceptors (Lipinski definition) is 2. The summed E-state index contributed by atoms with van der Waals surface area (Å²) in [5, 5.41) is 3.69. The van der Waals surface area contributed by atoms with Gasteiger partial charge in [-0.05, 0) is 31.7 Å². The summed E-state index contributed by atoms with van der Waals surface area (Å²) < 4.78 is 36.6. The van der Waals surface area contributed by atoms with E-state index in [1.807, 2.05) is 0 Å². The Morgan fingerprint density at radius 1 is 1.37 bits per heavy atom. The van der Waals surface area contributed by atoms with Crippen LogP contribution >= 0.6 is 15.9 Å². The monoisotopic (exact) mass is 344 g/mol. The SMILES string of the molecule is O=C(CCCCBr)NCC1CCN(CC(F)(F)F)C1. The van der Waals surface area contributed by atoms with Gasteiger partial charge in [0.05, 0.1) is 6.54 Å². The van der Waals surface area contributed by atoms with Gasteiger partial charge in [-0.25, -0.2) is 0 Å². The van der Waals surface area contributed by atoms with Gasteiger partial charge in [-0.2, -0.15) is 13.2 Å². The van der Waals surface area contributed by atoms with Gasteiger partial charge >= 0.3 is 6.18 Å². The Morgan fingerprint density at radius 2 is 2.11 bits per heavy atom. The molecule has 1 N–H and O–H groups in total. The quantitative estimate of drug-likeness (QED) is 0.568. The summed E-state index contributed by atoms with van der Waals surface area (Å²) in [6, 6.07) is 0. The predicted molar refractivity (Wildman–Crippen MR) is 71.3 cm³/mol. The predicted octanol–water partition coefficient (Wildman–Crippen LogP) is 2.55. The summed E-state index contributed by atoms with van der Waals surface area (Å²) in [5.74, 6) is 0.137. The lowest BCUT2D eigenvalue weighted by atomic mass is 10.1. The molecule has 1 aliphatic heterocycles. The van der Waals surface area contributed by atoms with E-state index in [4.69, 9.17) is 0 Å². The number of unbranched alkanes of at least 4 members (excludes halogenated alkanes) is 1. The molecule has 0 aliphatic carbocycles. The van der Waals surface area contributed by atoms with Crippen molar-refractivity contribution in [3.8, 4) is 0 Å². The van der Waals surface area contributed by atoms with Gasteiger partial charge in [-0.3, -0.25) is 9.69 Å². The van der Waals surface area contributed by atoms with Gasteiger partial charge in [0.1, 0.15) is 0 Å². The largest absolute Gasteiger partial charge is 0.401 e. The lowest BCUT2D eigenvalue weighted by molar-refractivity contribution is -0.143. The topological polar surface area (TPSA) is 32.3 Å². The van der Waals surface area contributed by atoms with Gasteiger partial charge < -0.3 is 5.32 Å². The second-order valence-electron chi connectivity index (χ2n) is 4.96. The number of rotatable bonds is 7. The number of halogens is 4. The van der Waals surface area contributed by atoms with Crippen molar-refractivity contribution in [3.63, 3.8) is 0 Å². The molecular formula is C12H20BrF3N2O. The molecule has 1 fully saturated rings. The summed E-state index contributed by atoms with van der Waals surface area (Å²) in [6.07, 6.45) is -1.13. The van der Waals surface area contributed by atoms with Crippen molar-refractivity contribution in [2.24, 2.45) is 5.92 Å². The molecule has 0 spiro atoms. The number of hydrogen-bond donors (Lipinski definition) is 1. The van der Waals surface area contributed by atoms with Crippen LogP contribution in [-0.4, -0.2) is 48.5 Å². The maximum absolute atomic E-state index is 12.2. The van der Waals surface area contributed by atoms with Gasteiger partial charge in [0, 0.05) is 24.8 Å². The zero-order valence-corrected chi connectivity index (χ0v) is 12.4. The van der Waals surface area contributed by atoms with E-state index < -0.39 is 12.7 Å². The third kappa shape index (κ3) is 7.77. The van der Waals surface area contributed by atoms with Gasteiger partial charge in [0.2, 0.25) is 5.91 Å². The summed E-state index contributed by atoms with van der Waals surface area (Å²) in [5.41, 5.74) is 0. The number of carbonyl (C=O) groups is 1. The Morgan fingerprint density at radius 3 is 2.74 bits per heavy atom. The average molecular weight is 345 g/mol. The molecular weight excluding hydrogens is 325 g/mol. The molecule has 7 heteroatoms. The van der Waals surface area contributed by atoms with E-state index in [0.29, 0.717) is 26.1 Å². The number of likely N-dealkylation sites (tertiary alicyclic amines) is 1. The average Bonchev–Trinajstić information content (AvgIpc) is 2.72. The van der Waals surface area contributed by atoms with Gasteiger partial charge in [-0.15, -0.1) is 0 Å². The molecule has 0 radical (unpaired) electrons. The Hall–Kier alpha value is -0.300. The van der Waals surface area contributed by atoms with Crippen molar-refractivity contribution in [2.45, 2.75) is 31.9 Å². The van der Waals surface area contributed by atoms with Gasteiger partial charge in [0.15, 0.2) is 0 Å². The molecule has 19 heavy (non-hydrogen) atoms. The molecule has 3 nitrogen and oxygen atoms in total. The molecule has 1 saturated heterocycles. The van der Waals surface area contributed by atoms with Crippen LogP contribution in [0.1, 0.15) is 25.7 Å². The lowest BCUT2D eigenvalue weighted by Gasteiger charge is -2.18. The molecule has 0 aromatic carbocycles. The molecule has 1 unspecified atom stereocenters. The smallest absolute Gasteiger partial charge is 0.356 e. The van der Waals surface area contributed by atoms with Crippen molar-refractivity contribution in [2.75, 3.05) is 31.5 Å². The number of carbonyl (C=O) groups excluding carboxylic acids is 1. The highest BCUT2D eigenvalue weighted by Crippen LogP contribution is 2.22. The zero-order chi connectivity index (χ0) is 14.3. The first-order valence-corrected chi connectivity index (χ1v) is 7.64. The van der Waals surface area contributed by atoms with Crippen LogP contribution in [0.4, 0.5) is 13.2 Å². The van der Waals surface area contributed by atoms with E-state index in [1.165, 1.54) is 4.90 Å². The molecule has 0 aromatic heterocycles. The Labute approximate surface area is 120 Å². The van der Waals surface area contributed by atoms with Crippen LogP contribution in [0.2, 0.25) is 0 Å². The minimum atomic E-state index is -4.13.